The van der Waals surface area contributed by atoms with E-state index in [0.29, 0.717) is 12.1 Å². The molecule has 0 aliphatic rings. The van der Waals surface area contributed by atoms with Crippen LogP contribution >= 0.6 is 0 Å². The van der Waals surface area contributed by atoms with Crippen molar-refractivity contribution in [3.05, 3.63) is 34.0 Å². The second-order valence-corrected chi connectivity index (χ2v) is 2.32. The van der Waals surface area contributed by atoms with Gasteiger partial charge in [-0.1, -0.05) is 6.07 Å². The maximum Gasteiger partial charge on any atom is 0.335 e. The number of hydrogen-bond acceptors (Lipinski definition) is 4. The molecule has 13 heavy (non-hydrogen) atoms. The van der Waals surface area contributed by atoms with E-state index in [4.69, 9.17) is 5.11 Å². The van der Waals surface area contributed by atoms with Gasteiger partial charge in [0.2, 0.25) is 0 Å². The van der Waals surface area contributed by atoms with Crippen LogP contribution < -0.4 is 15.6 Å². The molecule has 1 aromatic carbocycles. The highest BCUT2D eigenvalue weighted by atomic mass is 16.4. The highest BCUT2D eigenvalue weighted by Crippen LogP contribution is 2.14. The minimum absolute atomic E-state index is 0.475. The van der Waals surface area contributed by atoms with Crippen molar-refractivity contribution in [3.8, 4) is 11.5 Å². The van der Waals surface area contributed by atoms with Crippen molar-refractivity contribution in [1.29, 1.82) is 0 Å². The predicted molar refractivity (Wildman–Crippen MR) is 38.6 cm³/mol. The number of carbonyl (C=O) groups is 1. The molecule has 0 aromatic heterocycles. The van der Waals surface area contributed by atoms with E-state index in [-0.39, 0.29) is 0 Å². The Morgan fingerprint density at radius 2 is 1.69 bits per heavy atom. The first-order chi connectivity index (χ1) is 6.00. The Labute approximate surface area is 72.5 Å². The molecule has 0 aliphatic heterocycles. The van der Waals surface area contributed by atoms with Gasteiger partial charge in [0.05, 0.1) is 5.56 Å². The molecular formula is C8H4O5-2. The molecule has 0 bridgehead atoms. The molecule has 0 radical (unpaired) electrons. The summed E-state index contributed by atoms with van der Waals surface area (Å²) in [5, 5.41) is 29.9. The quantitative estimate of drug-likeness (QED) is 0.590. The van der Waals surface area contributed by atoms with E-state index >= 15 is 0 Å². The van der Waals surface area contributed by atoms with Gasteiger partial charge in [-0.05, 0) is 12.1 Å². The molecule has 1 N–H and O–H groups in total. The highest BCUT2D eigenvalue weighted by Gasteiger charge is 2.00. The number of aromatic carboxylic acids is 1. The van der Waals surface area contributed by atoms with Gasteiger partial charge < -0.3 is 15.3 Å². The standard InChI is InChI=1S/C8H6O5/c9-5-1-4(8(12)13)2-6(10)7(11)3-5/h1-3,10-11H,(H,12,13)/p-2. The topological polar surface area (TPSA) is 100 Å². The Hall–Kier alpha value is -2.04. The summed E-state index contributed by atoms with van der Waals surface area (Å²) < 4.78 is 0. The first-order valence-electron chi connectivity index (χ1n) is 3.27. The fraction of sp³-hybridized carbons (Fsp3) is 0. The molecule has 0 unspecified atom stereocenters. The van der Waals surface area contributed by atoms with Crippen LogP contribution in [0.3, 0.4) is 0 Å². The van der Waals surface area contributed by atoms with Crippen LogP contribution in [0.4, 0.5) is 0 Å². The lowest BCUT2D eigenvalue weighted by molar-refractivity contribution is -0.317. The first kappa shape index (κ1) is 9.05. The zero-order valence-electron chi connectivity index (χ0n) is 6.31. The molecule has 68 valence electrons. The van der Waals surface area contributed by atoms with Crippen LogP contribution in [0.2, 0.25) is 0 Å². The van der Waals surface area contributed by atoms with Crippen LogP contribution in [0.15, 0.2) is 23.0 Å². The van der Waals surface area contributed by atoms with Gasteiger partial charge in [-0.2, -0.15) is 0 Å². The molecule has 0 amide bonds. The van der Waals surface area contributed by atoms with Crippen LogP contribution in [0.1, 0.15) is 10.4 Å². The lowest BCUT2D eigenvalue weighted by atomic mass is 10.3. The zero-order valence-corrected chi connectivity index (χ0v) is 6.31. The van der Waals surface area contributed by atoms with Gasteiger partial charge >= 0.3 is 5.97 Å². The van der Waals surface area contributed by atoms with Gasteiger partial charge in [-0.3, -0.25) is 4.79 Å². The fourth-order valence-electron chi connectivity index (χ4n) is 0.773. The van der Waals surface area contributed by atoms with Gasteiger partial charge in [0.1, 0.15) is 0 Å². The third-order valence-electron chi connectivity index (χ3n) is 1.35. The molecule has 0 aliphatic carbocycles. The summed E-state index contributed by atoms with van der Waals surface area (Å²) in [6, 6.07) is 1.92. The average Bonchev–Trinajstić information content (AvgIpc) is 2.12. The average molecular weight is 180 g/mol. The van der Waals surface area contributed by atoms with Crippen molar-refractivity contribution in [2.75, 3.05) is 0 Å². The van der Waals surface area contributed by atoms with Crippen molar-refractivity contribution < 1.29 is 20.1 Å². The van der Waals surface area contributed by atoms with Gasteiger partial charge in [0, 0.05) is 0 Å². The van der Waals surface area contributed by atoms with Crippen molar-refractivity contribution >= 4 is 5.97 Å². The molecule has 1 rings (SSSR count). The second-order valence-electron chi connectivity index (χ2n) is 2.32. The van der Waals surface area contributed by atoms with Gasteiger partial charge in [-0.25, -0.2) is 4.79 Å². The summed E-state index contributed by atoms with van der Waals surface area (Å²) in [5.74, 6) is -3.42. The third kappa shape index (κ3) is 1.96. The molecule has 0 atom stereocenters. The molecule has 1 aromatic rings. The Morgan fingerprint density at radius 1 is 1.15 bits per heavy atom. The molecule has 5 heteroatoms. The maximum absolute atomic E-state index is 10.8. The minimum atomic E-state index is -1.41. The minimum Gasteiger partial charge on any atom is -0.873 e. The van der Waals surface area contributed by atoms with E-state index in [9.17, 15) is 19.8 Å². The third-order valence-corrected chi connectivity index (χ3v) is 1.35. The van der Waals surface area contributed by atoms with Crippen molar-refractivity contribution in [3.63, 3.8) is 0 Å². The summed E-state index contributed by atoms with van der Waals surface area (Å²) in [6.45, 7) is 0. The van der Waals surface area contributed by atoms with Gasteiger partial charge in [-0.15, -0.1) is 11.5 Å². The number of carboxylic acid groups (broad SMARTS) is 1. The second kappa shape index (κ2) is 3.14. The number of hydrogen-bond donors (Lipinski definition) is 1. The maximum atomic E-state index is 10.8. The summed E-state index contributed by atoms with van der Waals surface area (Å²) in [6.07, 6.45) is 0. The SMILES string of the molecule is O=C(O)c1cc([O-])c([O-])cc(=O)c1. The number of rotatable bonds is 1. The molecular weight excluding hydrogens is 176 g/mol. The molecule has 5 nitrogen and oxygen atoms in total. The lowest BCUT2D eigenvalue weighted by Crippen LogP contribution is -2.00. The summed E-state index contributed by atoms with van der Waals surface area (Å²) in [7, 11) is 0. The summed E-state index contributed by atoms with van der Waals surface area (Å²) >= 11 is 0. The normalized spacial score (nSPS) is 9.54. The van der Waals surface area contributed by atoms with Gasteiger partial charge in [0.25, 0.3) is 0 Å². The van der Waals surface area contributed by atoms with E-state index < -0.39 is 28.5 Å². The highest BCUT2D eigenvalue weighted by molar-refractivity contribution is 5.87. The van der Waals surface area contributed by atoms with Crippen LogP contribution in [-0.2, 0) is 0 Å². The molecule has 0 fully saturated rings. The monoisotopic (exact) mass is 180 g/mol. The van der Waals surface area contributed by atoms with E-state index in [1.807, 2.05) is 0 Å². The lowest BCUT2D eigenvalue weighted by Gasteiger charge is -2.12. The predicted octanol–water partition coefficient (Wildman–Crippen LogP) is -1.11. The van der Waals surface area contributed by atoms with Gasteiger partial charge in [0.15, 0.2) is 5.43 Å². The Kier molecular flexibility index (Phi) is 2.19. The van der Waals surface area contributed by atoms with E-state index in [1.54, 1.807) is 0 Å². The van der Waals surface area contributed by atoms with Crippen LogP contribution in [-0.4, -0.2) is 11.1 Å². The van der Waals surface area contributed by atoms with Crippen molar-refractivity contribution in [2.45, 2.75) is 0 Å². The molecule has 0 saturated heterocycles. The molecule has 0 heterocycles. The Bertz CT molecular complexity index is 410. The zero-order chi connectivity index (χ0) is 10.0. The van der Waals surface area contributed by atoms with E-state index in [1.165, 1.54) is 0 Å². The summed E-state index contributed by atoms with van der Waals surface area (Å²) in [4.78, 5) is 21.1. The largest absolute Gasteiger partial charge is 0.873 e. The van der Waals surface area contributed by atoms with Crippen LogP contribution in [0, 0.1) is 0 Å². The van der Waals surface area contributed by atoms with Crippen LogP contribution in [0.5, 0.6) is 11.5 Å². The smallest absolute Gasteiger partial charge is 0.335 e. The number of carboxylic acids is 1. The van der Waals surface area contributed by atoms with E-state index in [2.05, 4.69) is 0 Å². The van der Waals surface area contributed by atoms with Crippen molar-refractivity contribution in [1.82, 2.24) is 0 Å². The molecule has 0 spiro atoms. The first-order valence-corrected chi connectivity index (χ1v) is 3.27. The summed E-state index contributed by atoms with van der Waals surface area (Å²) in [5.41, 5.74) is -1.26. The molecule has 0 saturated carbocycles. The Morgan fingerprint density at radius 3 is 2.23 bits per heavy atom. The van der Waals surface area contributed by atoms with Crippen molar-refractivity contribution in [2.24, 2.45) is 0 Å². The van der Waals surface area contributed by atoms with Crippen LogP contribution in [0.25, 0.3) is 0 Å². The fourth-order valence-corrected chi connectivity index (χ4v) is 0.773. The Balaban J connectivity index is 3.54. The van der Waals surface area contributed by atoms with E-state index in [0.717, 1.165) is 6.07 Å².